The highest BCUT2D eigenvalue weighted by Gasteiger charge is 2.20. The molecule has 1 aromatic rings. The average molecular weight is 294 g/mol. The molecule has 2 heterocycles. The van der Waals surface area contributed by atoms with Gasteiger partial charge in [-0.1, -0.05) is 12.1 Å². The first-order chi connectivity index (χ1) is 10.2. The van der Waals surface area contributed by atoms with E-state index in [9.17, 15) is 4.79 Å². The quantitative estimate of drug-likeness (QED) is 0.700. The number of aromatic nitrogens is 3. The van der Waals surface area contributed by atoms with E-state index in [2.05, 4.69) is 22.1 Å². The van der Waals surface area contributed by atoms with Gasteiger partial charge in [0, 0.05) is 32.4 Å². The van der Waals surface area contributed by atoms with E-state index in [4.69, 9.17) is 5.73 Å². The van der Waals surface area contributed by atoms with Crippen LogP contribution in [-0.2, 0) is 17.8 Å². The second-order valence-corrected chi connectivity index (χ2v) is 5.47. The number of nitrogens with two attached hydrogens (primary N) is 1. The van der Waals surface area contributed by atoms with Crippen LogP contribution in [0.3, 0.4) is 0 Å². The number of unbranched alkanes of at least 4 members (excludes halogenated alkanes) is 1. The maximum absolute atomic E-state index is 12.2. The van der Waals surface area contributed by atoms with Gasteiger partial charge in [-0.05, 0) is 32.4 Å². The molecule has 2 N–H and O–H groups in total. The molecule has 1 aliphatic rings. The molecule has 0 saturated carbocycles. The molecule has 0 spiro atoms. The largest absolute Gasteiger partial charge is 0.339 e. The van der Waals surface area contributed by atoms with Crippen LogP contribution in [0.4, 0.5) is 0 Å². The molecule has 0 atom stereocenters. The smallest absolute Gasteiger partial charge is 0.244 e. The molecule has 1 aromatic heterocycles. The Morgan fingerprint density at radius 1 is 1.29 bits per heavy atom. The van der Waals surface area contributed by atoms with Crippen LogP contribution in [0.5, 0.6) is 0 Å². The third kappa shape index (κ3) is 4.78. The Labute approximate surface area is 126 Å². The average Bonchev–Trinajstić information content (AvgIpc) is 2.95. The standard InChI is InChI=1S/C14H26N6O/c1-2-18-7-9-19(10-8-18)14(21)12-20-11-13(16-17-20)5-3-4-6-15/h11H,2-10,12,15H2,1H3. The Bertz CT molecular complexity index is 438. The number of hydrogen-bond donors (Lipinski definition) is 1. The Kier molecular flexibility index (Phi) is 6.13. The summed E-state index contributed by atoms with van der Waals surface area (Å²) < 4.78 is 1.65. The molecule has 118 valence electrons. The van der Waals surface area contributed by atoms with Crippen LogP contribution in [0.1, 0.15) is 25.5 Å². The molecular formula is C14H26N6O. The van der Waals surface area contributed by atoms with E-state index in [0.717, 1.165) is 57.7 Å². The molecule has 0 aliphatic carbocycles. The molecular weight excluding hydrogens is 268 g/mol. The summed E-state index contributed by atoms with van der Waals surface area (Å²) in [7, 11) is 0. The second kappa shape index (κ2) is 8.09. The molecule has 0 unspecified atom stereocenters. The SMILES string of the molecule is CCN1CCN(C(=O)Cn2cc(CCCCN)nn2)CC1. The number of likely N-dealkylation sites (N-methyl/N-ethyl adjacent to an activating group) is 1. The van der Waals surface area contributed by atoms with Crippen LogP contribution in [0.25, 0.3) is 0 Å². The maximum atomic E-state index is 12.2. The highest BCUT2D eigenvalue weighted by atomic mass is 16.2. The predicted molar refractivity (Wildman–Crippen MR) is 80.7 cm³/mol. The van der Waals surface area contributed by atoms with Gasteiger partial charge in [0.15, 0.2) is 0 Å². The highest BCUT2D eigenvalue weighted by molar-refractivity contribution is 5.76. The minimum absolute atomic E-state index is 0.129. The summed E-state index contributed by atoms with van der Waals surface area (Å²) >= 11 is 0. The lowest BCUT2D eigenvalue weighted by molar-refractivity contribution is -0.133. The molecule has 1 amide bonds. The fraction of sp³-hybridized carbons (Fsp3) is 0.786. The topological polar surface area (TPSA) is 80.3 Å². The molecule has 0 radical (unpaired) electrons. The first kappa shape index (κ1) is 15.9. The van der Waals surface area contributed by atoms with Crippen LogP contribution in [-0.4, -0.2) is 70.0 Å². The van der Waals surface area contributed by atoms with Gasteiger partial charge in [0.1, 0.15) is 6.54 Å². The van der Waals surface area contributed by atoms with Gasteiger partial charge < -0.3 is 15.5 Å². The fourth-order valence-electron chi connectivity index (χ4n) is 2.53. The number of nitrogens with zero attached hydrogens (tertiary/aromatic N) is 5. The fourth-order valence-corrected chi connectivity index (χ4v) is 2.53. The monoisotopic (exact) mass is 294 g/mol. The predicted octanol–water partition coefficient (Wildman–Crippen LogP) is -0.276. The molecule has 0 bridgehead atoms. The molecule has 1 aliphatic heterocycles. The first-order valence-electron chi connectivity index (χ1n) is 7.82. The second-order valence-electron chi connectivity index (χ2n) is 5.47. The molecule has 7 heteroatoms. The zero-order valence-electron chi connectivity index (χ0n) is 12.9. The van der Waals surface area contributed by atoms with Crippen LogP contribution in [0, 0.1) is 0 Å². The molecule has 2 rings (SSSR count). The van der Waals surface area contributed by atoms with Gasteiger partial charge in [-0.3, -0.25) is 4.79 Å². The van der Waals surface area contributed by atoms with E-state index in [1.165, 1.54) is 0 Å². The molecule has 7 nitrogen and oxygen atoms in total. The highest BCUT2D eigenvalue weighted by Crippen LogP contribution is 2.04. The van der Waals surface area contributed by atoms with Crippen molar-refractivity contribution in [1.29, 1.82) is 0 Å². The third-order valence-electron chi connectivity index (χ3n) is 3.94. The van der Waals surface area contributed by atoms with Crippen molar-refractivity contribution in [2.24, 2.45) is 5.73 Å². The van der Waals surface area contributed by atoms with E-state index in [-0.39, 0.29) is 12.5 Å². The van der Waals surface area contributed by atoms with Gasteiger partial charge in [0.2, 0.25) is 5.91 Å². The lowest BCUT2D eigenvalue weighted by Gasteiger charge is -2.33. The van der Waals surface area contributed by atoms with Crippen LogP contribution in [0.2, 0.25) is 0 Å². The minimum atomic E-state index is 0.129. The van der Waals surface area contributed by atoms with E-state index in [0.29, 0.717) is 6.54 Å². The van der Waals surface area contributed by atoms with Crippen molar-refractivity contribution in [3.8, 4) is 0 Å². The van der Waals surface area contributed by atoms with Crippen LogP contribution < -0.4 is 5.73 Å². The van der Waals surface area contributed by atoms with Crippen LogP contribution in [0.15, 0.2) is 6.20 Å². The molecule has 1 saturated heterocycles. The molecule has 1 fully saturated rings. The Morgan fingerprint density at radius 3 is 2.71 bits per heavy atom. The summed E-state index contributed by atoms with van der Waals surface area (Å²) in [6.45, 7) is 7.74. The van der Waals surface area contributed by atoms with Gasteiger partial charge in [0.05, 0.1) is 5.69 Å². The molecule has 21 heavy (non-hydrogen) atoms. The summed E-state index contributed by atoms with van der Waals surface area (Å²) in [4.78, 5) is 16.5. The maximum Gasteiger partial charge on any atom is 0.244 e. The van der Waals surface area contributed by atoms with Crippen LogP contribution >= 0.6 is 0 Å². The van der Waals surface area contributed by atoms with E-state index in [1.807, 2.05) is 11.1 Å². The number of carbonyl (C=O) groups is 1. The zero-order valence-corrected chi connectivity index (χ0v) is 12.9. The van der Waals surface area contributed by atoms with Gasteiger partial charge in [0.25, 0.3) is 0 Å². The zero-order chi connectivity index (χ0) is 15.1. The van der Waals surface area contributed by atoms with Gasteiger partial charge in [-0.25, -0.2) is 4.68 Å². The van der Waals surface area contributed by atoms with Crippen molar-refractivity contribution in [1.82, 2.24) is 24.8 Å². The number of hydrogen-bond acceptors (Lipinski definition) is 5. The first-order valence-corrected chi connectivity index (χ1v) is 7.82. The third-order valence-corrected chi connectivity index (χ3v) is 3.94. The van der Waals surface area contributed by atoms with Crippen molar-refractivity contribution < 1.29 is 4.79 Å². The van der Waals surface area contributed by atoms with E-state index >= 15 is 0 Å². The Morgan fingerprint density at radius 2 is 2.05 bits per heavy atom. The van der Waals surface area contributed by atoms with Gasteiger partial charge >= 0.3 is 0 Å². The van der Waals surface area contributed by atoms with Crippen molar-refractivity contribution >= 4 is 5.91 Å². The summed E-state index contributed by atoms with van der Waals surface area (Å²) in [6, 6.07) is 0. The number of amides is 1. The van der Waals surface area contributed by atoms with Gasteiger partial charge in [-0.2, -0.15) is 0 Å². The minimum Gasteiger partial charge on any atom is -0.339 e. The number of piperazine rings is 1. The van der Waals surface area contributed by atoms with E-state index in [1.54, 1.807) is 4.68 Å². The lowest BCUT2D eigenvalue weighted by Crippen LogP contribution is -2.49. The number of carbonyl (C=O) groups excluding carboxylic acids is 1. The normalized spacial score (nSPS) is 16.4. The summed E-state index contributed by atoms with van der Waals surface area (Å²) in [6.07, 6.45) is 4.76. The van der Waals surface area contributed by atoms with Crippen molar-refractivity contribution in [3.05, 3.63) is 11.9 Å². The Hall–Kier alpha value is -1.47. The number of rotatable bonds is 7. The summed E-state index contributed by atoms with van der Waals surface area (Å²) in [5, 5.41) is 8.14. The summed E-state index contributed by atoms with van der Waals surface area (Å²) in [5.74, 6) is 0.129. The number of aryl methyl sites for hydroxylation is 1. The van der Waals surface area contributed by atoms with E-state index < -0.39 is 0 Å². The van der Waals surface area contributed by atoms with Crippen molar-refractivity contribution in [2.45, 2.75) is 32.7 Å². The Balaban J connectivity index is 1.77. The van der Waals surface area contributed by atoms with Crippen molar-refractivity contribution in [2.75, 3.05) is 39.3 Å². The van der Waals surface area contributed by atoms with Crippen molar-refractivity contribution in [3.63, 3.8) is 0 Å². The molecule has 0 aromatic carbocycles. The summed E-state index contributed by atoms with van der Waals surface area (Å²) in [5.41, 5.74) is 6.41. The lowest BCUT2D eigenvalue weighted by atomic mass is 10.2. The van der Waals surface area contributed by atoms with Gasteiger partial charge in [-0.15, -0.1) is 5.10 Å².